The molecule has 0 aliphatic heterocycles. The lowest BCUT2D eigenvalue weighted by Gasteiger charge is -2.37. The molecule has 1 atom stereocenters. The molecule has 1 fully saturated rings. The van der Waals surface area contributed by atoms with Crippen LogP contribution in [-0.4, -0.2) is 16.7 Å². The quantitative estimate of drug-likeness (QED) is 0.619. The molecule has 1 aliphatic carbocycles. The second-order valence-corrected chi connectivity index (χ2v) is 3.59. The van der Waals surface area contributed by atoms with Crippen molar-refractivity contribution in [1.82, 2.24) is 0 Å². The van der Waals surface area contributed by atoms with Crippen LogP contribution in [0.5, 0.6) is 0 Å². The van der Waals surface area contributed by atoms with E-state index in [-0.39, 0.29) is 11.6 Å². The summed E-state index contributed by atoms with van der Waals surface area (Å²) in [7, 11) is 0. The Bertz CT molecular complexity index is 108. The van der Waals surface area contributed by atoms with Crippen LogP contribution in [0.1, 0.15) is 39.0 Å². The van der Waals surface area contributed by atoms with E-state index >= 15 is 0 Å². The van der Waals surface area contributed by atoms with Gasteiger partial charge >= 0.3 is 0 Å². The minimum absolute atomic E-state index is 0.240. The van der Waals surface area contributed by atoms with Gasteiger partial charge in [0.2, 0.25) is 0 Å². The van der Waals surface area contributed by atoms with E-state index < -0.39 is 0 Å². The largest absolute Gasteiger partial charge is 0.390 e. The highest BCUT2D eigenvalue weighted by atomic mass is 16.3. The molecule has 0 radical (unpaired) electrons. The first-order chi connectivity index (χ1) is 4.62. The lowest BCUT2D eigenvalue weighted by atomic mass is 9.76. The number of aliphatic hydroxyl groups is 1. The smallest absolute Gasteiger partial charge is 0.0648 e. The summed E-state index contributed by atoms with van der Waals surface area (Å²) in [6.07, 6.45) is 5.01. The topological polar surface area (TPSA) is 46.2 Å². The van der Waals surface area contributed by atoms with Crippen LogP contribution in [0.25, 0.3) is 0 Å². The van der Waals surface area contributed by atoms with E-state index in [1.807, 2.05) is 6.92 Å². The summed E-state index contributed by atoms with van der Waals surface area (Å²) in [4.78, 5) is 0. The van der Waals surface area contributed by atoms with Gasteiger partial charge in [-0.2, -0.15) is 0 Å². The third-order valence-electron chi connectivity index (χ3n) is 2.35. The molecule has 0 amide bonds. The maximum Gasteiger partial charge on any atom is 0.0648 e. The van der Waals surface area contributed by atoms with Crippen LogP contribution in [0, 0.1) is 0 Å². The Hall–Kier alpha value is -0.0800. The van der Waals surface area contributed by atoms with E-state index in [1.165, 1.54) is 6.42 Å². The van der Waals surface area contributed by atoms with E-state index in [0.717, 1.165) is 25.7 Å². The highest BCUT2D eigenvalue weighted by molar-refractivity contribution is 4.87. The monoisotopic (exact) mass is 143 g/mol. The molecule has 0 saturated heterocycles. The molecule has 3 N–H and O–H groups in total. The summed E-state index contributed by atoms with van der Waals surface area (Å²) in [5.41, 5.74) is 5.24. The molecule has 2 heteroatoms. The van der Waals surface area contributed by atoms with Gasteiger partial charge in [-0.1, -0.05) is 0 Å². The molecule has 0 aromatic carbocycles. The molecular formula is C8H17NO. The summed E-state index contributed by atoms with van der Waals surface area (Å²) in [5.74, 6) is 0. The van der Waals surface area contributed by atoms with Crippen molar-refractivity contribution in [3.8, 4) is 0 Å². The van der Waals surface area contributed by atoms with Crippen molar-refractivity contribution in [2.45, 2.75) is 50.7 Å². The highest BCUT2D eigenvalue weighted by Crippen LogP contribution is 2.35. The van der Waals surface area contributed by atoms with Gasteiger partial charge in [0, 0.05) is 6.04 Å². The molecule has 0 heterocycles. The van der Waals surface area contributed by atoms with Crippen molar-refractivity contribution in [1.29, 1.82) is 0 Å². The Kier molecular flexibility index (Phi) is 2.32. The number of hydrogen-bond donors (Lipinski definition) is 2. The predicted octanol–water partition coefficient (Wildman–Crippen LogP) is 1.03. The van der Waals surface area contributed by atoms with Crippen LogP contribution >= 0.6 is 0 Å². The van der Waals surface area contributed by atoms with Gasteiger partial charge in [0.1, 0.15) is 0 Å². The molecule has 60 valence electrons. The SMILES string of the molecule is CC(N)CCC1(O)CCC1. The second-order valence-electron chi connectivity index (χ2n) is 3.59. The van der Waals surface area contributed by atoms with Gasteiger partial charge in [-0.15, -0.1) is 0 Å². The first-order valence-electron chi connectivity index (χ1n) is 4.10. The van der Waals surface area contributed by atoms with Crippen LogP contribution < -0.4 is 5.73 Å². The molecule has 10 heavy (non-hydrogen) atoms. The summed E-state index contributed by atoms with van der Waals surface area (Å²) in [6.45, 7) is 1.99. The average molecular weight is 143 g/mol. The maximum absolute atomic E-state index is 9.60. The first kappa shape index (κ1) is 8.02. The number of rotatable bonds is 3. The molecule has 1 saturated carbocycles. The maximum atomic E-state index is 9.60. The van der Waals surface area contributed by atoms with Crippen molar-refractivity contribution in [3.63, 3.8) is 0 Å². The van der Waals surface area contributed by atoms with Crippen molar-refractivity contribution >= 4 is 0 Å². The third-order valence-corrected chi connectivity index (χ3v) is 2.35. The summed E-state index contributed by atoms with van der Waals surface area (Å²) >= 11 is 0. The minimum Gasteiger partial charge on any atom is -0.390 e. The summed E-state index contributed by atoms with van der Waals surface area (Å²) in [5, 5.41) is 9.60. The molecule has 0 aromatic heterocycles. The van der Waals surface area contributed by atoms with Gasteiger partial charge in [-0.05, 0) is 39.0 Å². The Morgan fingerprint density at radius 3 is 2.50 bits per heavy atom. The predicted molar refractivity (Wildman–Crippen MR) is 41.7 cm³/mol. The molecule has 0 aromatic rings. The van der Waals surface area contributed by atoms with Gasteiger partial charge in [-0.25, -0.2) is 0 Å². The second kappa shape index (κ2) is 2.89. The molecule has 1 unspecified atom stereocenters. The van der Waals surface area contributed by atoms with Crippen molar-refractivity contribution in [2.24, 2.45) is 5.73 Å². The number of hydrogen-bond acceptors (Lipinski definition) is 2. The van der Waals surface area contributed by atoms with E-state index in [1.54, 1.807) is 0 Å². The molecule has 1 rings (SSSR count). The lowest BCUT2D eigenvalue weighted by Crippen LogP contribution is -2.37. The van der Waals surface area contributed by atoms with Gasteiger partial charge < -0.3 is 10.8 Å². The van der Waals surface area contributed by atoms with Crippen LogP contribution in [0.3, 0.4) is 0 Å². The average Bonchev–Trinajstić information content (AvgIpc) is 1.79. The zero-order valence-corrected chi connectivity index (χ0v) is 6.64. The zero-order chi connectivity index (χ0) is 7.61. The Morgan fingerprint density at radius 2 is 2.20 bits per heavy atom. The van der Waals surface area contributed by atoms with Crippen molar-refractivity contribution < 1.29 is 5.11 Å². The lowest BCUT2D eigenvalue weighted by molar-refractivity contribution is -0.0424. The summed E-state index contributed by atoms with van der Waals surface area (Å²) < 4.78 is 0. The van der Waals surface area contributed by atoms with Crippen LogP contribution in [0.15, 0.2) is 0 Å². The fourth-order valence-electron chi connectivity index (χ4n) is 1.33. The van der Waals surface area contributed by atoms with Gasteiger partial charge in [0.05, 0.1) is 5.60 Å². The van der Waals surface area contributed by atoms with E-state index in [2.05, 4.69) is 0 Å². The fourth-order valence-corrected chi connectivity index (χ4v) is 1.33. The van der Waals surface area contributed by atoms with Crippen LogP contribution in [-0.2, 0) is 0 Å². The highest BCUT2D eigenvalue weighted by Gasteiger charge is 2.33. The molecule has 0 bridgehead atoms. The Morgan fingerprint density at radius 1 is 1.60 bits per heavy atom. The summed E-state index contributed by atoms with van der Waals surface area (Å²) in [6, 6.07) is 0.240. The van der Waals surface area contributed by atoms with Gasteiger partial charge in [0.15, 0.2) is 0 Å². The molecule has 2 nitrogen and oxygen atoms in total. The van der Waals surface area contributed by atoms with Gasteiger partial charge in [-0.3, -0.25) is 0 Å². The molecule has 1 aliphatic rings. The third kappa shape index (κ3) is 1.96. The molecular weight excluding hydrogens is 126 g/mol. The van der Waals surface area contributed by atoms with Crippen molar-refractivity contribution in [2.75, 3.05) is 0 Å². The van der Waals surface area contributed by atoms with Crippen LogP contribution in [0.4, 0.5) is 0 Å². The normalized spacial score (nSPS) is 25.5. The van der Waals surface area contributed by atoms with Gasteiger partial charge in [0.25, 0.3) is 0 Å². The standard InChI is InChI=1S/C8H17NO/c1-7(9)3-6-8(10)4-2-5-8/h7,10H,2-6,9H2,1H3. The fraction of sp³-hybridized carbons (Fsp3) is 1.00. The molecule has 0 spiro atoms. The van der Waals surface area contributed by atoms with E-state index in [9.17, 15) is 5.11 Å². The zero-order valence-electron chi connectivity index (χ0n) is 6.64. The first-order valence-corrected chi connectivity index (χ1v) is 4.10. The Balaban J connectivity index is 2.12. The Labute approximate surface area is 62.4 Å². The minimum atomic E-state index is -0.326. The van der Waals surface area contributed by atoms with Crippen molar-refractivity contribution in [3.05, 3.63) is 0 Å². The van der Waals surface area contributed by atoms with E-state index in [0.29, 0.717) is 0 Å². The van der Waals surface area contributed by atoms with E-state index in [4.69, 9.17) is 5.73 Å². The number of nitrogens with two attached hydrogens (primary N) is 1. The van der Waals surface area contributed by atoms with Crippen LogP contribution in [0.2, 0.25) is 0 Å².